The summed E-state index contributed by atoms with van der Waals surface area (Å²) in [5.74, 6) is -1.22. The Morgan fingerprint density at radius 2 is 1.74 bits per heavy atom. The molecule has 0 aliphatic carbocycles. The van der Waals surface area contributed by atoms with Crippen molar-refractivity contribution >= 4 is 23.1 Å². The zero-order valence-corrected chi connectivity index (χ0v) is 23.4. The number of nitro groups is 1. The molecule has 1 N–H and O–H groups in total. The number of ketones is 1. The van der Waals surface area contributed by atoms with Gasteiger partial charge < -0.3 is 19.5 Å². The second-order valence-electron chi connectivity index (χ2n) is 10.5. The molecule has 10 nitrogen and oxygen atoms in total. The van der Waals surface area contributed by atoms with Crippen LogP contribution in [-0.2, 0) is 20.9 Å². The first-order valence-electron chi connectivity index (χ1n) is 13.9. The molecule has 2 heterocycles. The first kappa shape index (κ1) is 29.0. The third-order valence-corrected chi connectivity index (χ3v) is 7.55. The van der Waals surface area contributed by atoms with E-state index in [0.29, 0.717) is 43.1 Å². The van der Waals surface area contributed by atoms with E-state index in [0.717, 1.165) is 30.8 Å². The van der Waals surface area contributed by atoms with Crippen LogP contribution in [0.25, 0.3) is 5.76 Å². The zero-order valence-electron chi connectivity index (χ0n) is 23.4. The number of morpholine rings is 1. The molecule has 2 aliphatic rings. The number of rotatable bonds is 10. The molecule has 2 fully saturated rings. The Hall–Kier alpha value is -4.54. The van der Waals surface area contributed by atoms with Crippen LogP contribution in [0.4, 0.5) is 5.69 Å². The Kier molecular flexibility index (Phi) is 8.94. The van der Waals surface area contributed by atoms with Gasteiger partial charge in [-0.2, -0.15) is 0 Å². The molecule has 3 aromatic carbocycles. The van der Waals surface area contributed by atoms with Crippen LogP contribution in [0.2, 0.25) is 0 Å². The molecule has 1 unspecified atom stereocenters. The highest BCUT2D eigenvalue weighted by Crippen LogP contribution is 2.40. The maximum absolute atomic E-state index is 13.3. The van der Waals surface area contributed by atoms with Gasteiger partial charge in [-0.25, -0.2) is 0 Å². The van der Waals surface area contributed by atoms with Gasteiger partial charge in [0.2, 0.25) is 0 Å². The van der Waals surface area contributed by atoms with Gasteiger partial charge in [-0.15, -0.1) is 0 Å². The van der Waals surface area contributed by atoms with Crippen LogP contribution in [0.15, 0.2) is 78.4 Å². The summed E-state index contributed by atoms with van der Waals surface area (Å²) in [7, 11) is 0. The molecule has 0 radical (unpaired) electrons. The summed E-state index contributed by atoms with van der Waals surface area (Å²) in [5, 5.41) is 22.6. The second kappa shape index (κ2) is 13.0. The van der Waals surface area contributed by atoms with E-state index in [2.05, 4.69) is 4.90 Å². The lowest BCUT2D eigenvalue weighted by Crippen LogP contribution is -2.38. The molecule has 0 spiro atoms. The van der Waals surface area contributed by atoms with Crippen molar-refractivity contribution in [2.24, 2.45) is 0 Å². The van der Waals surface area contributed by atoms with Gasteiger partial charge in [0, 0.05) is 43.9 Å². The third kappa shape index (κ3) is 6.50. The lowest BCUT2D eigenvalue weighted by atomic mass is 9.95. The molecule has 1 atom stereocenters. The number of amides is 1. The minimum atomic E-state index is -0.882. The SMILES string of the molecule is Cc1cccc(COc2ccc(/C(O)=C3\C(=O)C(=O)N(CCCN4CCOCC4)C3c3ccc([N+](=O)[O-])cc3)cc2)c1. The first-order chi connectivity index (χ1) is 20.3. The predicted molar refractivity (Wildman–Crippen MR) is 156 cm³/mol. The van der Waals surface area contributed by atoms with Crippen molar-refractivity contribution < 1.29 is 29.1 Å². The van der Waals surface area contributed by atoms with Crippen LogP contribution >= 0.6 is 0 Å². The molecule has 0 bridgehead atoms. The number of hydrogen-bond acceptors (Lipinski definition) is 8. The smallest absolute Gasteiger partial charge is 0.295 e. The zero-order chi connectivity index (χ0) is 29.6. The van der Waals surface area contributed by atoms with Crippen molar-refractivity contribution in [2.75, 3.05) is 39.4 Å². The van der Waals surface area contributed by atoms with Gasteiger partial charge in [0.25, 0.3) is 17.4 Å². The number of aliphatic hydroxyl groups excluding tert-OH is 1. The topological polar surface area (TPSA) is 122 Å². The highest BCUT2D eigenvalue weighted by atomic mass is 16.6. The van der Waals surface area contributed by atoms with Gasteiger partial charge in [0.05, 0.1) is 29.8 Å². The van der Waals surface area contributed by atoms with E-state index in [4.69, 9.17) is 9.47 Å². The monoisotopic (exact) mass is 571 g/mol. The lowest BCUT2D eigenvalue weighted by Gasteiger charge is -2.29. The van der Waals surface area contributed by atoms with Crippen LogP contribution in [0.5, 0.6) is 5.75 Å². The molecular weight excluding hydrogens is 538 g/mol. The number of likely N-dealkylation sites (tertiary alicyclic amines) is 1. The summed E-state index contributed by atoms with van der Waals surface area (Å²) in [5.41, 5.74) is 2.87. The number of ether oxygens (including phenoxy) is 2. The molecule has 3 aromatic rings. The van der Waals surface area contributed by atoms with E-state index in [-0.39, 0.29) is 23.6 Å². The minimum Gasteiger partial charge on any atom is -0.507 e. The van der Waals surface area contributed by atoms with Crippen molar-refractivity contribution in [1.29, 1.82) is 0 Å². The Morgan fingerprint density at radius 3 is 2.40 bits per heavy atom. The summed E-state index contributed by atoms with van der Waals surface area (Å²) in [6, 6.07) is 19.5. The van der Waals surface area contributed by atoms with Gasteiger partial charge in [-0.3, -0.25) is 24.6 Å². The van der Waals surface area contributed by atoms with Crippen LogP contribution in [-0.4, -0.2) is 70.9 Å². The van der Waals surface area contributed by atoms with Gasteiger partial charge >= 0.3 is 0 Å². The molecule has 218 valence electrons. The van der Waals surface area contributed by atoms with Gasteiger partial charge in [-0.05, 0) is 60.9 Å². The van der Waals surface area contributed by atoms with Gasteiger partial charge in [0.15, 0.2) is 0 Å². The average molecular weight is 572 g/mol. The van der Waals surface area contributed by atoms with E-state index in [1.54, 1.807) is 24.3 Å². The minimum absolute atomic E-state index is 0.0475. The molecule has 2 aliphatic heterocycles. The van der Waals surface area contributed by atoms with E-state index in [1.165, 1.54) is 29.2 Å². The number of aryl methyl sites for hydroxylation is 1. The largest absolute Gasteiger partial charge is 0.507 e. The fraction of sp³-hybridized carbons (Fsp3) is 0.312. The molecule has 1 amide bonds. The predicted octanol–water partition coefficient (Wildman–Crippen LogP) is 4.63. The fourth-order valence-corrected chi connectivity index (χ4v) is 5.36. The van der Waals surface area contributed by atoms with Gasteiger partial charge in [-0.1, -0.05) is 29.8 Å². The molecular formula is C32H33N3O7. The Balaban J connectivity index is 1.40. The van der Waals surface area contributed by atoms with E-state index in [1.807, 2.05) is 31.2 Å². The number of Topliss-reactive ketones (excluding diaryl/α,β-unsaturated/α-hetero) is 1. The molecule has 5 rings (SSSR count). The van der Waals surface area contributed by atoms with E-state index in [9.17, 15) is 24.8 Å². The van der Waals surface area contributed by atoms with Gasteiger partial charge in [0.1, 0.15) is 18.1 Å². The van der Waals surface area contributed by atoms with Crippen LogP contribution in [0, 0.1) is 17.0 Å². The summed E-state index contributed by atoms with van der Waals surface area (Å²) < 4.78 is 11.3. The summed E-state index contributed by atoms with van der Waals surface area (Å²) >= 11 is 0. The van der Waals surface area contributed by atoms with E-state index < -0.39 is 22.7 Å². The maximum Gasteiger partial charge on any atom is 0.295 e. The number of hydrogen-bond donors (Lipinski definition) is 1. The quantitative estimate of drug-likeness (QED) is 0.123. The molecule has 10 heteroatoms. The van der Waals surface area contributed by atoms with Crippen molar-refractivity contribution in [3.8, 4) is 5.75 Å². The number of carbonyl (C=O) groups is 2. The number of carbonyl (C=O) groups excluding carboxylic acids is 2. The van der Waals surface area contributed by atoms with Crippen molar-refractivity contribution in [3.05, 3.63) is 111 Å². The number of non-ortho nitro benzene ring substituents is 1. The fourth-order valence-electron chi connectivity index (χ4n) is 5.36. The summed E-state index contributed by atoms with van der Waals surface area (Å²) in [4.78, 5) is 41.0. The first-order valence-corrected chi connectivity index (χ1v) is 13.9. The Labute approximate surface area is 243 Å². The Bertz CT molecular complexity index is 1480. The normalized spacial score (nSPS) is 18.8. The molecule has 2 saturated heterocycles. The highest BCUT2D eigenvalue weighted by Gasteiger charge is 2.46. The average Bonchev–Trinajstić information content (AvgIpc) is 3.25. The van der Waals surface area contributed by atoms with Crippen LogP contribution < -0.4 is 4.74 Å². The molecule has 42 heavy (non-hydrogen) atoms. The van der Waals surface area contributed by atoms with Crippen molar-refractivity contribution in [2.45, 2.75) is 26.0 Å². The Morgan fingerprint density at radius 1 is 1.02 bits per heavy atom. The highest BCUT2D eigenvalue weighted by molar-refractivity contribution is 6.46. The third-order valence-electron chi connectivity index (χ3n) is 7.55. The number of aliphatic hydroxyl groups is 1. The van der Waals surface area contributed by atoms with Crippen molar-refractivity contribution in [3.63, 3.8) is 0 Å². The van der Waals surface area contributed by atoms with Crippen LogP contribution in [0.3, 0.4) is 0 Å². The van der Waals surface area contributed by atoms with Crippen molar-refractivity contribution in [1.82, 2.24) is 9.80 Å². The summed E-state index contributed by atoms with van der Waals surface area (Å²) in [6.07, 6.45) is 0.615. The van der Waals surface area contributed by atoms with E-state index >= 15 is 0 Å². The maximum atomic E-state index is 13.3. The van der Waals surface area contributed by atoms with Crippen LogP contribution in [0.1, 0.15) is 34.7 Å². The standard InChI is InChI=1S/C32H33N3O7/c1-22-4-2-5-23(20-22)21-42-27-12-8-25(9-13-27)30(36)28-29(24-6-10-26(11-7-24)35(39)40)34(32(38)31(28)37)15-3-14-33-16-18-41-19-17-33/h2,4-13,20,29,36H,3,14-19,21H2,1H3/b30-28+. The molecule has 0 aromatic heterocycles. The second-order valence-corrected chi connectivity index (χ2v) is 10.5. The lowest BCUT2D eigenvalue weighted by molar-refractivity contribution is -0.384. The summed E-state index contributed by atoms with van der Waals surface area (Å²) in [6.45, 7) is 6.31. The number of benzene rings is 3. The molecule has 0 saturated carbocycles. The number of nitro benzene ring substituents is 1. The number of nitrogens with zero attached hydrogens (tertiary/aromatic N) is 3.